The average molecular weight is 537 g/mol. The van der Waals surface area contributed by atoms with Crippen LogP contribution in [0.4, 0.5) is 0 Å². The van der Waals surface area contributed by atoms with Gasteiger partial charge in [-0.05, 0) is 57.8 Å². The number of rotatable bonds is 30. The fourth-order valence-corrected chi connectivity index (χ4v) is 5.05. The fraction of sp³-hybridized carbons (Fsp3) is 0.882. The number of esters is 1. The molecule has 0 aliphatic heterocycles. The van der Waals surface area contributed by atoms with E-state index in [-0.39, 0.29) is 12.1 Å². The third-order valence-electron chi connectivity index (χ3n) is 7.47. The second kappa shape index (κ2) is 30.2. The Balaban J connectivity index is 3.55. The molecule has 4 nitrogen and oxygen atoms in total. The SMILES string of the molecule is CCCCCCCC/C=C\CCCCCCCCCC(=O)OC(CCC)CCCCCCCCCC(=O)O. The molecule has 0 fully saturated rings. The molecule has 0 spiro atoms. The molecular formula is C34H64O4. The Hall–Kier alpha value is -1.32. The maximum atomic E-state index is 12.3. The van der Waals surface area contributed by atoms with Crippen molar-refractivity contribution < 1.29 is 19.4 Å². The summed E-state index contributed by atoms with van der Waals surface area (Å²) in [4.78, 5) is 22.8. The van der Waals surface area contributed by atoms with E-state index in [1.807, 2.05) is 0 Å². The van der Waals surface area contributed by atoms with Gasteiger partial charge < -0.3 is 9.84 Å². The molecule has 0 aliphatic carbocycles. The quantitative estimate of drug-likeness (QED) is 0.0563. The lowest BCUT2D eigenvalue weighted by molar-refractivity contribution is -0.150. The van der Waals surface area contributed by atoms with E-state index >= 15 is 0 Å². The van der Waals surface area contributed by atoms with Crippen molar-refractivity contribution in [3.8, 4) is 0 Å². The number of carboxylic acid groups (broad SMARTS) is 1. The van der Waals surface area contributed by atoms with Gasteiger partial charge in [-0.3, -0.25) is 9.59 Å². The smallest absolute Gasteiger partial charge is 0.306 e. The van der Waals surface area contributed by atoms with Crippen LogP contribution in [0.5, 0.6) is 0 Å². The Kier molecular flexibility index (Phi) is 29.2. The Bertz CT molecular complexity index is 543. The molecule has 1 unspecified atom stereocenters. The minimum atomic E-state index is -0.690. The monoisotopic (exact) mass is 536 g/mol. The predicted octanol–water partition coefficient (Wildman–Crippen LogP) is 11.1. The van der Waals surface area contributed by atoms with Gasteiger partial charge in [0.1, 0.15) is 6.10 Å². The van der Waals surface area contributed by atoms with E-state index in [1.54, 1.807) is 0 Å². The maximum Gasteiger partial charge on any atom is 0.306 e. The molecule has 0 radical (unpaired) electrons. The number of hydrogen-bond donors (Lipinski definition) is 1. The topological polar surface area (TPSA) is 63.6 Å². The maximum absolute atomic E-state index is 12.3. The van der Waals surface area contributed by atoms with Crippen LogP contribution in [0.3, 0.4) is 0 Å². The number of carboxylic acids is 1. The zero-order valence-electron chi connectivity index (χ0n) is 25.5. The van der Waals surface area contributed by atoms with Gasteiger partial charge in [0.15, 0.2) is 0 Å². The van der Waals surface area contributed by atoms with Crippen LogP contribution in [0.2, 0.25) is 0 Å². The summed E-state index contributed by atoms with van der Waals surface area (Å²) in [6.45, 7) is 4.43. The Morgan fingerprint density at radius 2 is 1.00 bits per heavy atom. The van der Waals surface area contributed by atoms with Gasteiger partial charge in [0.2, 0.25) is 0 Å². The fourth-order valence-electron chi connectivity index (χ4n) is 5.05. The summed E-state index contributed by atoms with van der Waals surface area (Å²) >= 11 is 0. The summed E-state index contributed by atoms with van der Waals surface area (Å²) in [5, 5.41) is 8.66. The highest BCUT2D eigenvalue weighted by molar-refractivity contribution is 5.69. The first-order valence-electron chi connectivity index (χ1n) is 16.7. The number of carbonyl (C=O) groups excluding carboxylic acids is 1. The van der Waals surface area contributed by atoms with Gasteiger partial charge in [0, 0.05) is 12.8 Å². The Morgan fingerprint density at radius 1 is 0.553 bits per heavy atom. The van der Waals surface area contributed by atoms with Crippen LogP contribution >= 0.6 is 0 Å². The van der Waals surface area contributed by atoms with Crippen LogP contribution in [0.25, 0.3) is 0 Å². The number of allylic oxidation sites excluding steroid dienone is 2. The van der Waals surface area contributed by atoms with E-state index < -0.39 is 5.97 Å². The van der Waals surface area contributed by atoms with Crippen molar-refractivity contribution in [2.24, 2.45) is 0 Å². The normalized spacial score (nSPS) is 12.3. The molecule has 4 heteroatoms. The van der Waals surface area contributed by atoms with Crippen LogP contribution in [0.15, 0.2) is 12.2 Å². The van der Waals surface area contributed by atoms with E-state index in [0.717, 1.165) is 57.8 Å². The summed E-state index contributed by atoms with van der Waals surface area (Å²) in [6.07, 6.45) is 35.6. The second-order valence-electron chi connectivity index (χ2n) is 11.3. The summed E-state index contributed by atoms with van der Waals surface area (Å²) in [5.74, 6) is -0.695. The van der Waals surface area contributed by atoms with Gasteiger partial charge in [-0.1, -0.05) is 129 Å². The van der Waals surface area contributed by atoms with Crippen molar-refractivity contribution in [2.75, 3.05) is 0 Å². The van der Waals surface area contributed by atoms with E-state index in [9.17, 15) is 9.59 Å². The van der Waals surface area contributed by atoms with Gasteiger partial charge >= 0.3 is 11.9 Å². The van der Waals surface area contributed by atoms with E-state index in [0.29, 0.717) is 12.8 Å². The molecule has 224 valence electrons. The minimum absolute atomic E-state index is 0.00497. The summed E-state index contributed by atoms with van der Waals surface area (Å²) in [6, 6.07) is 0. The van der Waals surface area contributed by atoms with Gasteiger partial charge in [-0.2, -0.15) is 0 Å². The number of hydrogen-bond acceptors (Lipinski definition) is 3. The molecule has 0 heterocycles. The first-order valence-corrected chi connectivity index (χ1v) is 16.7. The number of aliphatic carboxylic acids is 1. The molecule has 0 aromatic heterocycles. The van der Waals surface area contributed by atoms with Gasteiger partial charge in [-0.15, -0.1) is 0 Å². The third kappa shape index (κ3) is 29.2. The van der Waals surface area contributed by atoms with Crippen LogP contribution in [0, 0.1) is 0 Å². The number of carbonyl (C=O) groups is 2. The highest BCUT2D eigenvalue weighted by atomic mass is 16.5. The van der Waals surface area contributed by atoms with Crippen molar-refractivity contribution in [3.63, 3.8) is 0 Å². The summed E-state index contributed by atoms with van der Waals surface area (Å²) in [7, 11) is 0. The molecule has 0 aromatic rings. The predicted molar refractivity (Wildman–Crippen MR) is 163 cm³/mol. The molecule has 0 aliphatic rings. The largest absolute Gasteiger partial charge is 0.481 e. The third-order valence-corrected chi connectivity index (χ3v) is 7.47. The Morgan fingerprint density at radius 3 is 1.50 bits per heavy atom. The van der Waals surface area contributed by atoms with E-state index in [1.165, 1.54) is 103 Å². The van der Waals surface area contributed by atoms with E-state index in [2.05, 4.69) is 26.0 Å². The highest BCUT2D eigenvalue weighted by Crippen LogP contribution is 2.17. The Labute approximate surface area is 236 Å². The zero-order chi connectivity index (χ0) is 27.9. The molecule has 0 rings (SSSR count). The lowest BCUT2D eigenvalue weighted by Crippen LogP contribution is -2.18. The average Bonchev–Trinajstić information content (AvgIpc) is 2.89. The lowest BCUT2D eigenvalue weighted by Gasteiger charge is -2.17. The summed E-state index contributed by atoms with van der Waals surface area (Å²) < 4.78 is 5.80. The molecule has 0 amide bonds. The lowest BCUT2D eigenvalue weighted by atomic mass is 10.0. The van der Waals surface area contributed by atoms with Crippen molar-refractivity contribution in [1.29, 1.82) is 0 Å². The number of unbranched alkanes of at least 4 members (excludes halogenated alkanes) is 19. The molecular weight excluding hydrogens is 472 g/mol. The van der Waals surface area contributed by atoms with Gasteiger partial charge in [-0.25, -0.2) is 0 Å². The van der Waals surface area contributed by atoms with Crippen LogP contribution in [0.1, 0.15) is 187 Å². The molecule has 1 N–H and O–H groups in total. The van der Waals surface area contributed by atoms with Crippen molar-refractivity contribution in [3.05, 3.63) is 12.2 Å². The summed E-state index contributed by atoms with van der Waals surface area (Å²) in [5.41, 5.74) is 0. The first-order chi connectivity index (χ1) is 18.6. The van der Waals surface area contributed by atoms with Crippen molar-refractivity contribution >= 4 is 11.9 Å². The second-order valence-corrected chi connectivity index (χ2v) is 11.3. The first kappa shape index (κ1) is 36.7. The molecule has 0 aromatic carbocycles. The standard InChI is InChI=1S/C34H64O4/c1-3-5-6-7-8-9-10-11-12-13-14-15-16-17-21-24-27-31-34(37)38-32(28-4-2)29-25-22-19-18-20-23-26-30-33(35)36/h11-12,32H,3-10,13-31H2,1-2H3,(H,35,36)/b12-11-. The molecule has 0 bridgehead atoms. The molecule has 0 saturated carbocycles. The van der Waals surface area contributed by atoms with Gasteiger partial charge in [0.25, 0.3) is 0 Å². The van der Waals surface area contributed by atoms with Crippen molar-refractivity contribution in [2.45, 2.75) is 193 Å². The van der Waals surface area contributed by atoms with Crippen LogP contribution < -0.4 is 0 Å². The van der Waals surface area contributed by atoms with Crippen molar-refractivity contribution in [1.82, 2.24) is 0 Å². The number of ether oxygens (including phenoxy) is 1. The minimum Gasteiger partial charge on any atom is -0.481 e. The van der Waals surface area contributed by atoms with Crippen LogP contribution in [-0.4, -0.2) is 23.1 Å². The van der Waals surface area contributed by atoms with Crippen LogP contribution in [-0.2, 0) is 14.3 Å². The molecule has 38 heavy (non-hydrogen) atoms. The zero-order valence-corrected chi connectivity index (χ0v) is 25.5. The highest BCUT2D eigenvalue weighted by Gasteiger charge is 2.13. The van der Waals surface area contributed by atoms with E-state index in [4.69, 9.17) is 9.84 Å². The molecule has 1 atom stereocenters. The molecule has 0 saturated heterocycles. The van der Waals surface area contributed by atoms with Gasteiger partial charge in [0.05, 0.1) is 0 Å².